The predicted octanol–water partition coefficient (Wildman–Crippen LogP) is 4.72. The molecule has 9 nitrogen and oxygen atoms in total. The number of aromatic amines is 1. The van der Waals surface area contributed by atoms with Gasteiger partial charge in [-0.2, -0.15) is 18.4 Å². The number of nitrogens with zero attached hydrogens (tertiary/aromatic N) is 4. The van der Waals surface area contributed by atoms with Gasteiger partial charge in [0.2, 0.25) is 11.8 Å². The average molecular weight is 569 g/mol. The normalized spacial score (nSPS) is 18.0. The SMILES string of the molecule is CC(C)C[C@@H](C(=O)N(C)[C@H](C#N)C[C@@]1(C)C(=O)Nc2ccccc21)N(C)C(=O)c1nc2ccc(C(F)(F)F)cc2[nH]1. The summed E-state index contributed by atoms with van der Waals surface area (Å²) in [6.45, 7) is 5.48. The van der Waals surface area contributed by atoms with Gasteiger partial charge in [-0.25, -0.2) is 4.98 Å². The number of likely N-dealkylation sites (N-methyl/N-ethyl adjacent to an activating group) is 2. The van der Waals surface area contributed by atoms with Gasteiger partial charge in [0.1, 0.15) is 12.1 Å². The van der Waals surface area contributed by atoms with Crippen molar-refractivity contribution in [3.63, 3.8) is 0 Å². The van der Waals surface area contributed by atoms with Gasteiger partial charge < -0.3 is 20.1 Å². The highest BCUT2D eigenvalue weighted by Crippen LogP contribution is 2.41. The number of hydrogen-bond acceptors (Lipinski definition) is 5. The number of nitrogens with one attached hydrogen (secondary N) is 2. The molecule has 1 aromatic heterocycles. The molecule has 3 amide bonds. The summed E-state index contributed by atoms with van der Waals surface area (Å²) >= 11 is 0. The Labute approximate surface area is 235 Å². The first kappa shape index (κ1) is 29.6. The van der Waals surface area contributed by atoms with Crippen LogP contribution in [0.3, 0.4) is 0 Å². The lowest BCUT2D eigenvalue weighted by atomic mass is 9.78. The lowest BCUT2D eigenvalue weighted by molar-refractivity contribution is -0.138. The van der Waals surface area contributed by atoms with Crippen molar-refractivity contribution in [2.45, 2.75) is 57.3 Å². The van der Waals surface area contributed by atoms with Gasteiger partial charge in [0.15, 0.2) is 5.82 Å². The summed E-state index contributed by atoms with van der Waals surface area (Å²) in [6.07, 6.45) is -4.27. The van der Waals surface area contributed by atoms with E-state index in [2.05, 4.69) is 21.4 Å². The Balaban J connectivity index is 1.59. The number of H-pyrrole nitrogens is 1. The standard InChI is InChI=1S/C29H31F3N6O3/c1-16(2)12-23(38(5)26(40)24-34-21-11-10-17(29(30,31)32)13-22(21)35-24)25(39)37(4)18(15-33)14-28(3)19-8-6-7-9-20(19)36-27(28)41/h6-11,13,16,18,23H,12,14H2,1-5H3,(H,34,35)(H,36,41)/t18-,23-,28+/m0/s1. The number of imidazole rings is 1. The molecular weight excluding hydrogens is 537 g/mol. The van der Waals surface area contributed by atoms with Crippen molar-refractivity contribution in [1.29, 1.82) is 5.26 Å². The molecule has 0 fully saturated rings. The molecule has 2 N–H and O–H groups in total. The van der Waals surface area contributed by atoms with E-state index in [9.17, 15) is 32.8 Å². The highest BCUT2D eigenvalue weighted by Gasteiger charge is 2.46. The zero-order valence-corrected chi connectivity index (χ0v) is 23.3. The Bertz CT molecular complexity index is 1540. The van der Waals surface area contributed by atoms with E-state index >= 15 is 0 Å². The molecule has 216 valence electrons. The number of aromatic nitrogens is 2. The van der Waals surface area contributed by atoms with Gasteiger partial charge in [0.05, 0.1) is 28.1 Å². The molecule has 0 saturated carbocycles. The monoisotopic (exact) mass is 568 g/mol. The van der Waals surface area contributed by atoms with Gasteiger partial charge in [-0.05, 0) is 55.5 Å². The second kappa shape index (κ2) is 10.9. The highest BCUT2D eigenvalue weighted by atomic mass is 19.4. The molecule has 0 radical (unpaired) electrons. The van der Waals surface area contributed by atoms with Crippen LogP contribution in [0.4, 0.5) is 18.9 Å². The lowest BCUT2D eigenvalue weighted by Gasteiger charge is -2.35. The van der Waals surface area contributed by atoms with Crippen LogP contribution >= 0.6 is 0 Å². The fourth-order valence-electron chi connectivity index (χ4n) is 5.17. The summed E-state index contributed by atoms with van der Waals surface area (Å²) in [5, 5.41) is 12.9. The molecule has 1 aliphatic rings. The van der Waals surface area contributed by atoms with Crippen LogP contribution in [0.2, 0.25) is 0 Å². The molecule has 12 heteroatoms. The van der Waals surface area contributed by atoms with E-state index in [1.54, 1.807) is 25.1 Å². The van der Waals surface area contributed by atoms with E-state index in [0.717, 1.165) is 17.7 Å². The summed E-state index contributed by atoms with van der Waals surface area (Å²) in [5.74, 6) is -1.71. The second-order valence-electron chi connectivity index (χ2n) is 11.0. The predicted molar refractivity (Wildman–Crippen MR) is 146 cm³/mol. The third-order valence-electron chi connectivity index (χ3n) is 7.62. The van der Waals surface area contributed by atoms with Gasteiger partial charge >= 0.3 is 6.18 Å². The highest BCUT2D eigenvalue weighted by molar-refractivity contribution is 6.06. The molecule has 3 atom stereocenters. The van der Waals surface area contributed by atoms with E-state index in [4.69, 9.17) is 0 Å². The number of alkyl halides is 3. The topological polar surface area (TPSA) is 122 Å². The van der Waals surface area contributed by atoms with Crippen molar-refractivity contribution in [2.24, 2.45) is 5.92 Å². The summed E-state index contributed by atoms with van der Waals surface area (Å²) in [5.41, 5.74) is -0.340. The number of halogens is 3. The fraction of sp³-hybridized carbons (Fsp3) is 0.414. The first-order valence-corrected chi connectivity index (χ1v) is 13.1. The third-order valence-corrected chi connectivity index (χ3v) is 7.62. The van der Waals surface area contributed by atoms with Crippen LogP contribution < -0.4 is 5.32 Å². The van der Waals surface area contributed by atoms with Crippen molar-refractivity contribution in [3.05, 3.63) is 59.4 Å². The number of para-hydroxylation sites is 1. The maximum absolute atomic E-state index is 13.8. The number of fused-ring (bicyclic) bond motifs is 2. The van der Waals surface area contributed by atoms with E-state index in [1.165, 1.54) is 30.0 Å². The smallest absolute Gasteiger partial charge is 0.334 e. The lowest BCUT2D eigenvalue weighted by Crippen LogP contribution is -2.52. The van der Waals surface area contributed by atoms with Gasteiger partial charge in [0, 0.05) is 19.8 Å². The summed E-state index contributed by atoms with van der Waals surface area (Å²) < 4.78 is 39.4. The van der Waals surface area contributed by atoms with Crippen molar-refractivity contribution in [1.82, 2.24) is 19.8 Å². The number of benzene rings is 2. The number of amides is 3. The van der Waals surface area contributed by atoms with E-state index < -0.39 is 41.1 Å². The fourth-order valence-corrected chi connectivity index (χ4v) is 5.17. The molecule has 1 aliphatic heterocycles. The molecule has 41 heavy (non-hydrogen) atoms. The number of nitriles is 1. The van der Waals surface area contributed by atoms with Crippen molar-refractivity contribution in [3.8, 4) is 6.07 Å². The number of rotatable bonds is 8. The number of carbonyl (C=O) groups is 3. The average Bonchev–Trinajstić information content (AvgIpc) is 3.46. The molecule has 0 aliphatic carbocycles. The largest absolute Gasteiger partial charge is 0.416 e. The van der Waals surface area contributed by atoms with Gasteiger partial charge in [-0.3, -0.25) is 14.4 Å². The maximum Gasteiger partial charge on any atom is 0.416 e. The maximum atomic E-state index is 13.8. The van der Waals surface area contributed by atoms with Crippen molar-refractivity contribution >= 4 is 34.4 Å². The summed E-state index contributed by atoms with van der Waals surface area (Å²) in [4.78, 5) is 49.4. The first-order valence-electron chi connectivity index (χ1n) is 13.1. The van der Waals surface area contributed by atoms with Crippen LogP contribution in [0.1, 0.15) is 55.4 Å². The Kier molecular flexibility index (Phi) is 7.85. The van der Waals surface area contributed by atoms with Crippen LogP contribution in [-0.4, -0.2) is 63.7 Å². The summed E-state index contributed by atoms with van der Waals surface area (Å²) in [6, 6.07) is 10.3. The van der Waals surface area contributed by atoms with Crippen molar-refractivity contribution < 1.29 is 27.6 Å². The van der Waals surface area contributed by atoms with E-state index in [0.29, 0.717) is 5.69 Å². The van der Waals surface area contributed by atoms with Crippen LogP contribution in [0.25, 0.3) is 11.0 Å². The molecule has 2 heterocycles. The van der Waals surface area contributed by atoms with E-state index in [1.807, 2.05) is 19.9 Å². The molecule has 0 spiro atoms. The molecule has 4 rings (SSSR count). The van der Waals surface area contributed by atoms with Crippen LogP contribution in [0.15, 0.2) is 42.5 Å². The Morgan fingerprint density at radius 2 is 1.80 bits per heavy atom. The quantitative estimate of drug-likeness (QED) is 0.407. The number of hydrogen-bond donors (Lipinski definition) is 2. The number of carbonyl (C=O) groups excluding carboxylic acids is 3. The molecule has 2 aromatic carbocycles. The molecule has 0 unspecified atom stereocenters. The third kappa shape index (κ3) is 5.62. The minimum absolute atomic E-state index is 0.0249. The molecule has 0 saturated heterocycles. The van der Waals surface area contributed by atoms with Crippen LogP contribution in [-0.2, 0) is 21.2 Å². The van der Waals surface area contributed by atoms with Gasteiger partial charge in [-0.1, -0.05) is 32.0 Å². The zero-order chi connectivity index (χ0) is 30.3. The van der Waals surface area contributed by atoms with Gasteiger partial charge in [0.25, 0.3) is 5.91 Å². The van der Waals surface area contributed by atoms with Crippen LogP contribution in [0.5, 0.6) is 0 Å². The van der Waals surface area contributed by atoms with Crippen LogP contribution in [0, 0.1) is 17.2 Å². The Morgan fingerprint density at radius 3 is 2.44 bits per heavy atom. The Morgan fingerprint density at radius 1 is 1.12 bits per heavy atom. The first-order chi connectivity index (χ1) is 19.2. The molecular formula is C29H31F3N6O3. The minimum atomic E-state index is -4.56. The summed E-state index contributed by atoms with van der Waals surface area (Å²) in [7, 11) is 2.88. The zero-order valence-electron chi connectivity index (χ0n) is 23.3. The molecule has 3 aromatic rings. The van der Waals surface area contributed by atoms with Gasteiger partial charge in [-0.15, -0.1) is 0 Å². The van der Waals surface area contributed by atoms with E-state index in [-0.39, 0.29) is 41.5 Å². The Hall–Kier alpha value is -4.40. The van der Waals surface area contributed by atoms with Crippen molar-refractivity contribution in [2.75, 3.05) is 19.4 Å². The molecule has 0 bridgehead atoms. The minimum Gasteiger partial charge on any atom is -0.334 e. The number of anilines is 1. The second-order valence-corrected chi connectivity index (χ2v) is 11.0.